The zero-order valence-corrected chi connectivity index (χ0v) is 34.6. The molecule has 0 amide bonds. The molecule has 50 heavy (non-hydrogen) atoms. The second kappa shape index (κ2) is 32.9. The Balaban J connectivity index is -0.000000407. The SMILES string of the molecule is CC(/C=C/C=C(\C)C(=O)[O-])=C\C=C\C=C(C)\C=C\C=C(/C)C(=O)[O-].CC(C=C/C=C(/C)C(=O)[O-])=C/C=C/C=C(C)/C=C/C=C(\C)C(=O)[O-].[Ca+2].[Ca+2]. The maximum Gasteiger partial charge on any atom is 2.00 e. The predicted octanol–water partition coefficient (Wildman–Crippen LogP) is 3.12. The summed E-state index contributed by atoms with van der Waals surface area (Å²) in [5.74, 6) is -4.72. The van der Waals surface area contributed by atoms with E-state index in [0.717, 1.165) is 22.3 Å². The van der Waals surface area contributed by atoms with Crippen LogP contribution in [-0.2, 0) is 19.2 Å². The number of rotatable bonds is 16. The second-order valence-corrected chi connectivity index (χ2v) is 10.4. The number of hydrogen-bond acceptors (Lipinski definition) is 8. The molecule has 256 valence electrons. The third-order valence-electron chi connectivity index (χ3n) is 5.77. The first-order chi connectivity index (χ1) is 22.5. The monoisotopic (exact) mass is 732 g/mol. The van der Waals surface area contributed by atoms with E-state index in [1.807, 2.05) is 76.3 Å². The van der Waals surface area contributed by atoms with Gasteiger partial charge < -0.3 is 39.6 Å². The minimum absolute atomic E-state index is 0. The third kappa shape index (κ3) is 33.3. The van der Waals surface area contributed by atoms with Crippen molar-refractivity contribution in [3.63, 3.8) is 0 Å². The van der Waals surface area contributed by atoms with Gasteiger partial charge in [-0.15, -0.1) is 0 Å². The van der Waals surface area contributed by atoms with Crippen molar-refractivity contribution in [2.75, 3.05) is 0 Å². The fourth-order valence-electron chi connectivity index (χ4n) is 2.70. The van der Waals surface area contributed by atoms with Crippen molar-refractivity contribution in [2.24, 2.45) is 0 Å². The number of carboxylic acids is 4. The van der Waals surface area contributed by atoms with Gasteiger partial charge in [0, 0.05) is 0 Å². The Morgan fingerprint density at radius 2 is 0.460 bits per heavy atom. The molecule has 0 radical (unpaired) electrons. The van der Waals surface area contributed by atoms with E-state index in [4.69, 9.17) is 0 Å². The molecule has 0 aliphatic heterocycles. The fraction of sp³-hybridized carbons (Fsp3) is 0.200. The Hall–Kier alpha value is -3.24. The van der Waals surface area contributed by atoms with Gasteiger partial charge in [0.25, 0.3) is 0 Å². The summed E-state index contributed by atoms with van der Waals surface area (Å²) in [6.07, 6.45) is 34.6. The normalized spacial score (nSPS) is 14.4. The molecule has 0 atom stereocenters. The van der Waals surface area contributed by atoms with Crippen LogP contribution in [0.25, 0.3) is 0 Å². The van der Waals surface area contributed by atoms with Crippen LogP contribution in [0.1, 0.15) is 55.4 Å². The molecule has 0 aromatic heterocycles. The molecule has 8 nitrogen and oxygen atoms in total. The van der Waals surface area contributed by atoms with Gasteiger partial charge in [-0.1, -0.05) is 144 Å². The summed E-state index contributed by atoms with van der Waals surface area (Å²) in [4.78, 5) is 42.0. The second-order valence-electron chi connectivity index (χ2n) is 10.4. The van der Waals surface area contributed by atoms with Crippen LogP contribution in [0.5, 0.6) is 0 Å². The molecule has 0 spiro atoms. The van der Waals surface area contributed by atoms with E-state index < -0.39 is 23.9 Å². The maximum absolute atomic E-state index is 10.5. The Labute approximate surface area is 356 Å². The summed E-state index contributed by atoms with van der Waals surface area (Å²) >= 11 is 0. The standard InChI is InChI=1S/2C20H24O4.2Ca/c2*1-15(11-7-13-17(3)19(21)22)9-5-6-10-16(2)12-8-14-18(4)20(23)24;;/h2*5-14H,1-4H3,(H,21,22)(H,23,24);;/q;;2*+2/p-4/b6-5+,11-7+,12-8?,15-9+,16-10?,17-13+,18-14-;6-5+,11-7+,12-8+,15-9+,16-10+,17-13+,18-14+;;. The number of aliphatic carboxylic acids is 4. The van der Waals surface area contributed by atoms with Gasteiger partial charge >= 0.3 is 75.5 Å². The van der Waals surface area contributed by atoms with Gasteiger partial charge in [0.2, 0.25) is 0 Å². The van der Waals surface area contributed by atoms with Crippen LogP contribution in [0.4, 0.5) is 0 Å². The van der Waals surface area contributed by atoms with Gasteiger partial charge in [0.05, 0.1) is 23.9 Å². The smallest absolute Gasteiger partial charge is 0.545 e. The molecule has 0 N–H and O–H groups in total. The summed E-state index contributed by atoms with van der Waals surface area (Å²) in [5, 5.41) is 42.0. The summed E-state index contributed by atoms with van der Waals surface area (Å²) in [5.41, 5.74) is 4.52. The molecule has 0 unspecified atom stereocenters. The van der Waals surface area contributed by atoms with Gasteiger partial charge in [0.15, 0.2) is 0 Å². The summed E-state index contributed by atoms with van der Waals surface area (Å²) in [6, 6.07) is 0. The number of carbonyl (C=O) groups excluding carboxylic acids is 4. The Morgan fingerprint density at radius 1 is 0.300 bits per heavy atom. The first-order valence-corrected chi connectivity index (χ1v) is 14.8. The molecule has 0 aromatic rings. The van der Waals surface area contributed by atoms with Crippen LogP contribution >= 0.6 is 0 Å². The first kappa shape index (κ1) is 53.6. The molecule has 0 fully saturated rings. The zero-order chi connectivity index (χ0) is 37.1. The summed E-state index contributed by atoms with van der Waals surface area (Å²) < 4.78 is 0. The molecule has 0 rings (SSSR count). The fourth-order valence-corrected chi connectivity index (χ4v) is 2.70. The van der Waals surface area contributed by atoms with Crippen LogP contribution in [-0.4, -0.2) is 99.4 Å². The number of hydrogen-bond donors (Lipinski definition) is 0. The average Bonchev–Trinajstić information content (AvgIpc) is 3.01. The van der Waals surface area contributed by atoms with Crippen molar-refractivity contribution in [1.29, 1.82) is 0 Å². The minimum atomic E-state index is -1.18. The van der Waals surface area contributed by atoms with E-state index in [0.29, 0.717) is 0 Å². The molecule has 0 saturated carbocycles. The van der Waals surface area contributed by atoms with E-state index in [2.05, 4.69) is 0 Å². The topological polar surface area (TPSA) is 161 Å². The molecule has 0 bridgehead atoms. The van der Waals surface area contributed by atoms with Crippen molar-refractivity contribution >= 4 is 99.4 Å². The Morgan fingerprint density at radius 3 is 0.600 bits per heavy atom. The van der Waals surface area contributed by atoms with E-state index >= 15 is 0 Å². The van der Waals surface area contributed by atoms with Crippen molar-refractivity contribution in [3.8, 4) is 0 Å². The van der Waals surface area contributed by atoms with Gasteiger partial charge in [0.1, 0.15) is 0 Å². The van der Waals surface area contributed by atoms with Gasteiger partial charge in [-0.05, 0) is 77.7 Å². The maximum atomic E-state index is 10.5. The van der Waals surface area contributed by atoms with Crippen molar-refractivity contribution in [3.05, 3.63) is 166 Å². The van der Waals surface area contributed by atoms with Crippen LogP contribution in [0.2, 0.25) is 0 Å². The van der Waals surface area contributed by atoms with Crippen LogP contribution in [0, 0.1) is 0 Å². The molecule has 0 heterocycles. The van der Waals surface area contributed by atoms with Crippen LogP contribution in [0.3, 0.4) is 0 Å². The van der Waals surface area contributed by atoms with Crippen molar-refractivity contribution in [1.82, 2.24) is 0 Å². The Kier molecular flexibility index (Phi) is 35.3. The number of carboxylic acid groups (broad SMARTS) is 4. The van der Waals surface area contributed by atoms with Crippen molar-refractivity contribution in [2.45, 2.75) is 55.4 Å². The zero-order valence-electron chi connectivity index (χ0n) is 30.2. The van der Waals surface area contributed by atoms with Crippen LogP contribution < -0.4 is 20.4 Å². The van der Waals surface area contributed by atoms with Gasteiger partial charge in [-0.2, -0.15) is 0 Å². The largest absolute Gasteiger partial charge is 2.00 e. The Bertz CT molecular complexity index is 1350. The summed E-state index contributed by atoms with van der Waals surface area (Å²) in [6.45, 7) is 13.5. The van der Waals surface area contributed by atoms with E-state index in [-0.39, 0.29) is 97.8 Å². The summed E-state index contributed by atoms with van der Waals surface area (Å²) in [7, 11) is 0. The quantitative estimate of drug-likeness (QED) is 0.133. The average molecular weight is 733 g/mol. The minimum Gasteiger partial charge on any atom is -0.545 e. The molecule has 10 heteroatoms. The molecular formula is C40H44Ca2O8. The first-order valence-electron chi connectivity index (χ1n) is 14.8. The van der Waals surface area contributed by atoms with E-state index in [1.54, 1.807) is 48.6 Å². The van der Waals surface area contributed by atoms with Crippen molar-refractivity contribution < 1.29 is 39.6 Å². The molecule has 0 saturated heterocycles. The molecule has 0 aliphatic carbocycles. The molecule has 0 aromatic carbocycles. The molecule has 0 aliphatic rings. The van der Waals surface area contributed by atoms with E-state index in [1.165, 1.54) is 52.0 Å². The number of carbonyl (C=O) groups is 4. The van der Waals surface area contributed by atoms with Crippen LogP contribution in [0.15, 0.2) is 166 Å². The number of allylic oxidation sites excluding steroid dienone is 24. The van der Waals surface area contributed by atoms with Gasteiger partial charge in [-0.3, -0.25) is 0 Å². The predicted molar refractivity (Wildman–Crippen MR) is 196 cm³/mol. The van der Waals surface area contributed by atoms with E-state index in [9.17, 15) is 39.6 Å². The molecular weight excluding hydrogens is 689 g/mol. The third-order valence-corrected chi connectivity index (χ3v) is 5.77. The van der Waals surface area contributed by atoms with Gasteiger partial charge in [-0.25, -0.2) is 0 Å².